The number of carbonyl (C=O) groups is 1. The third-order valence-corrected chi connectivity index (χ3v) is 3.49. The first kappa shape index (κ1) is 9.98. The summed E-state index contributed by atoms with van der Waals surface area (Å²) in [5.41, 5.74) is 0.0720. The second-order valence-electron chi connectivity index (χ2n) is 4.54. The van der Waals surface area contributed by atoms with Crippen LogP contribution in [-0.2, 0) is 4.79 Å². The van der Waals surface area contributed by atoms with Gasteiger partial charge in [-0.25, -0.2) is 4.99 Å². The van der Waals surface area contributed by atoms with Gasteiger partial charge in [0.1, 0.15) is 0 Å². The molecule has 0 bridgehead atoms. The maximum Gasteiger partial charge on any atom is 0.240 e. The van der Waals surface area contributed by atoms with Gasteiger partial charge in [-0.1, -0.05) is 11.8 Å². The van der Waals surface area contributed by atoms with Gasteiger partial charge in [0.2, 0.25) is 5.91 Å². The fourth-order valence-electron chi connectivity index (χ4n) is 1.44. The van der Waals surface area contributed by atoms with Gasteiger partial charge in [0.25, 0.3) is 0 Å². The summed E-state index contributed by atoms with van der Waals surface area (Å²) in [5, 5.41) is 0.899. The Kier molecular flexibility index (Phi) is 2.31. The number of hydrogen-bond acceptors (Lipinski definition) is 4. The average Bonchev–Trinajstić information content (AvgIpc) is 2.46. The molecule has 0 aromatic carbocycles. The molecule has 0 unspecified atom stereocenters. The van der Waals surface area contributed by atoms with Gasteiger partial charge in [-0.15, -0.1) is 0 Å². The van der Waals surface area contributed by atoms with E-state index in [-0.39, 0.29) is 11.4 Å². The van der Waals surface area contributed by atoms with Crippen molar-refractivity contribution < 1.29 is 4.79 Å². The Bertz CT molecular complexity index is 295. The molecule has 0 spiro atoms. The zero-order chi connectivity index (χ0) is 10.3. The van der Waals surface area contributed by atoms with Crippen LogP contribution in [-0.4, -0.2) is 45.5 Å². The van der Waals surface area contributed by atoms with Crippen LogP contribution in [0.2, 0.25) is 0 Å². The minimum atomic E-state index is 0.0720. The maximum absolute atomic E-state index is 11.5. The van der Waals surface area contributed by atoms with Crippen LogP contribution in [0, 0.1) is 0 Å². The second kappa shape index (κ2) is 3.24. The van der Waals surface area contributed by atoms with E-state index in [2.05, 4.69) is 30.7 Å². The van der Waals surface area contributed by atoms with Crippen molar-refractivity contribution in [1.82, 2.24) is 9.80 Å². The molecule has 2 aliphatic rings. The Labute approximate surface area is 88.3 Å². The summed E-state index contributed by atoms with van der Waals surface area (Å²) in [4.78, 5) is 19.9. The lowest BCUT2D eigenvalue weighted by Crippen LogP contribution is -2.52. The Morgan fingerprint density at radius 2 is 2.14 bits per heavy atom. The van der Waals surface area contributed by atoms with E-state index in [1.165, 1.54) is 0 Å². The topological polar surface area (TPSA) is 35.9 Å². The normalized spacial score (nSPS) is 23.8. The van der Waals surface area contributed by atoms with E-state index in [1.54, 1.807) is 16.7 Å². The van der Waals surface area contributed by atoms with E-state index in [1.807, 2.05) is 0 Å². The van der Waals surface area contributed by atoms with Crippen molar-refractivity contribution in [3.8, 4) is 0 Å². The summed E-state index contributed by atoms with van der Waals surface area (Å²) in [7, 11) is 0. The van der Waals surface area contributed by atoms with Crippen molar-refractivity contribution in [1.29, 1.82) is 0 Å². The molecule has 1 fully saturated rings. The third kappa shape index (κ3) is 1.66. The molecule has 0 saturated carbocycles. The number of amidine groups is 1. The van der Waals surface area contributed by atoms with E-state index < -0.39 is 0 Å². The number of thioether (sulfide) groups is 1. The molecule has 0 aliphatic carbocycles. The van der Waals surface area contributed by atoms with Gasteiger partial charge in [-0.3, -0.25) is 14.6 Å². The molecule has 0 N–H and O–H groups in total. The quantitative estimate of drug-likeness (QED) is 0.601. The monoisotopic (exact) mass is 213 g/mol. The van der Waals surface area contributed by atoms with Crippen LogP contribution >= 0.6 is 11.8 Å². The molecule has 1 amide bonds. The van der Waals surface area contributed by atoms with Gasteiger partial charge >= 0.3 is 0 Å². The highest BCUT2D eigenvalue weighted by Crippen LogP contribution is 2.25. The molecule has 78 valence electrons. The van der Waals surface area contributed by atoms with E-state index in [0.717, 1.165) is 5.17 Å². The molecule has 2 heterocycles. The molecule has 0 atom stereocenters. The smallest absolute Gasteiger partial charge is 0.240 e. The summed E-state index contributed by atoms with van der Waals surface area (Å²) >= 11 is 1.55. The second-order valence-corrected chi connectivity index (χ2v) is 5.49. The standard InChI is InChI=1S/C9H15N3OS/c1-9(2,3)11-5-10-8-12(6-11)7(13)4-14-8/h4-6H2,1-3H3. The average molecular weight is 213 g/mol. The van der Waals surface area contributed by atoms with Gasteiger partial charge in [-0.05, 0) is 20.8 Å². The van der Waals surface area contributed by atoms with E-state index in [4.69, 9.17) is 0 Å². The Balaban J connectivity index is 2.16. The minimum absolute atomic E-state index is 0.0720. The van der Waals surface area contributed by atoms with Crippen molar-refractivity contribution >= 4 is 22.8 Å². The van der Waals surface area contributed by atoms with Crippen molar-refractivity contribution in [2.75, 3.05) is 19.1 Å². The lowest BCUT2D eigenvalue weighted by atomic mass is 10.1. The van der Waals surface area contributed by atoms with Crippen molar-refractivity contribution in [2.24, 2.45) is 4.99 Å². The van der Waals surface area contributed by atoms with Crippen LogP contribution < -0.4 is 0 Å². The van der Waals surface area contributed by atoms with Gasteiger partial charge in [0.15, 0.2) is 5.17 Å². The van der Waals surface area contributed by atoms with Crippen molar-refractivity contribution in [3.05, 3.63) is 0 Å². The molecule has 2 aliphatic heterocycles. The fraction of sp³-hybridized carbons (Fsp3) is 0.778. The molecule has 14 heavy (non-hydrogen) atoms. The van der Waals surface area contributed by atoms with Crippen LogP contribution in [0.3, 0.4) is 0 Å². The van der Waals surface area contributed by atoms with E-state index in [9.17, 15) is 4.79 Å². The molecule has 1 saturated heterocycles. The zero-order valence-electron chi connectivity index (χ0n) is 8.78. The molecular weight excluding hydrogens is 198 g/mol. The molecule has 2 rings (SSSR count). The number of carbonyl (C=O) groups excluding carboxylic acids is 1. The van der Waals surface area contributed by atoms with E-state index >= 15 is 0 Å². The highest BCUT2D eigenvalue weighted by atomic mass is 32.2. The number of amides is 1. The summed E-state index contributed by atoms with van der Waals surface area (Å²) in [5.74, 6) is 0.735. The number of nitrogens with zero attached hydrogens (tertiary/aromatic N) is 3. The van der Waals surface area contributed by atoms with Gasteiger partial charge in [-0.2, -0.15) is 0 Å². The van der Waals surface area contributed by atoms with Crippen LogP contribution in [0.15, 0.2) is 4.99 Å². The predicted molar refractivity (Wildman–Crippen MR) is 58.1 cm³/mol. The molecule has 0 aromatic heterocycles. The fourth-order valence-corrected chi connectivity index (χ4v) is 2.32. The Hall–Kier alpha value is -0.550. The highest BCUT2D eigenvalue weighted by Gasteiger charge is 2.35. The van der Waals surface area contributed by atoms with Crippen molar-refractivity contribution in [3.63, 3.8) is 0 Å². The van der Waals surface area contributed by atoms with Gasteiger partial charge < -0.3 is 0 Å². The van der Waals surface area contributed by atoms with Crippen LogP contribution in [0.5, 0.6) is 0 Å². The van der Waals surface area contributed by atoms with Crippen LogP contribution in [0.25, 0.3) is 0 Å². The summed E-state index contributed by atoms with van der Waals surface area (Å²) in [6, 6.07) is 0. The number of fused-ring (bicyclic) bond motifs is 1. The molecule has 0 radical (unpaired) electrons. The Morgan fingerprint density at radius 3 is 2.79 bits per heavy atom. The number of hydrogen-bond donors (Lipinski definition) is 0. The lowest BCUT2D eigenvalue weighted by molar-refractivity contribution is -0.126. The van der Waals surface area contributed by atoms with Crippen molar-refractivity contribution in [2.45, 2.75) is 26.3 Å². The molecule has 5 heteroatoms. The Morgan fingerprint density at radius 1 is 1.43 bits per heavy atom. The number of aliphatic imine (C=N–C) groups is 1. The van der Waals surface area contributed by atoms with E-state index in [0.29, 0.717) is 19.1 Å². The zero-order valence-corrected chi connectivity index (χ0v) is 9.60. The van der Waals surface area contributed by atoms with Gasteiger partial charge in [0.05, 0.1) is 19.1 Å². The maximum atomic E-state index is 11.5. The molecule has 0 aromatic rings. The predicted octanol–water partition coefficient (Wildman–Crippen LogP) is 0.947. The minimum Gasteiger partial charge on any atom is -0.277 e. The molecule has 4 nitrogen and oxygen atoms in total. The first-order valence-corrected chi connectivity index (χ1v) is 5.70. The highest BCUT2D eigenvalue weighted by molar-refractivity contribution is 8.15. The lowest BCUT2D eigenvalue weighted by Gasteiger charge is -2.39. The SMILES string of the molecule is CC(C)(C)N1CN=C2SCC(=O)N2C1. The third-order valence-electron chi connectivity index (χ3n) is 2.49. The largest absolute Gasteiger partial charge is 0.277 e. The first-order valence-electron chi connectivity index (χ1n) is 4.71. The van der Waals surface area contributed by atoms with Gasteiger partial charge in [0, 0.05) is 5.54 Å². The molecular formula is C9H15N3OS. The summed E-state index contributed by atoms with van der Waals surface area (Å²) in [6.07, 6.45) is 0. The number of rotatable bonds is 0. The summed E-state index contributed by atoms with van der Waals surface area (Å²) < 4.78 is 0. The van der Waals surface area contributed by atoms with Crippen LogP contribution in [0.1, 0.15) is 20.8 Å². The summed E-state index contributed by atoms with van der Waals surface area (Å²) in [6.45, 7) is 7.81. The first-order chi connectivity index (χ1) is 6.48. The van der Waals surface area contributed by atoms with Crippen LogP contribution in [0.4, 0.5) is 0 Å².